The SMILES string of the molecule is CCCCC[C@@H]1OCO[C@@]2(C)/C=C(C)/C=C/C(=O)O[C@H]([C@@H](C)[C@@H](O[Si](C)(C)C(C)(C)C)[C@H](C)C(=O)C[C@@H](O)[C@H](C)[C@@H](C)O[Si](C)(C)C(C)(C)C)[C@@H](OC)/C=C/C=C(\C)C[C@H]1[C@@H]2O[Si](CC)(CC)CC. The van der Waals surface area contributed by atoms with Gasteiger partial charge >= 0.3 is 5.97 Å². The van der Waals surface area contributed by atoms with E-state index in [2.05, 4.69) is 121 Å². The minimum absolute atomic E-state index is 0.00803. The molecule has 2 bridgehead atoms. The number of esters is 1. The van der Waals surface area contributed by atoms with Crippen LogP contribution >= 0.6 is 0 Å². The highest BCUT2D eigenvalue weighted by Gasteiger charge is 2.50. The quantitative estimate of drug-likeness (QED) is 0.0638. The maximum atomic E-state index is 14.5. The van der Waals surface area contributed by atoms with Crippen LogP contribution in [0.1, 0.15) is 156 Å². The Morgan fingerprint density at radius 2 is 1.48 bits per heavy atom. The van der Waals surface area contributed by atoms with Gasteiger partial charge in [0.05, 0.1) is 24.4 Å². The molecule has 2 aliphatic rings. The number of ketones is 1. The number of unbranched alkanes of at least 4 members (excludes halogenated alkanes) is 2. The van der Waals surface area contributed by atoms with E-state index in [9.17, 15) is 14.7 Å². The van der Waals surface area contributed by atoms with E-state index in [1.807, 2.05) is 46.8 Å². The molecule has 1 saturated heterocycles. The molecule has 400 valence electrons. The summed E-state index contributed by atoms with van der Waals surface area (Å²) in [5.41, 5.74) is 1.16. The van der Waals surface area contributed by atoms with Crippen molar-refractivity contribution in [2.75, 3.05) is 13.9 Å². The second kappa shape index (κ2) is 27.1. The highest BCUT2D eigenvalue weighted by atomic mass is 28.4. The molecule has 13 heteroatoms. The number of hydrogen-bond donors (Lipinski definition) is 1. The minimum atomic E-state index is -2.53. The van der Waals surface area contributed by atoms with E-state index in [1.165, 1.54) is 6.08 Å². The van der Waals surface area contributed by atoms with Gasteiger partial charge in [-0.3, -0.25) is 4.79 Å². The fourth-order valence-corrected chi connectivity index (χ4v) is 15.3. The summed E-state index contributed by atoms with van der Waals surface area (Å²) < 4.78 is 47.6. The van der Waals surface area contributed by atoms with Crippen molar-refractivity contribution in [3.63, 3.8) is 0 Å². The number of cyclic esters (lactones) is 1. The van der Waals surface area contributed by atoms with Crippen LogP contribution in [0.3, 0.4) is 0 Å². The molecule has 12 atom stereocenters. The zero-order valence-corrected chi connectivity index (χ0v) is 51.0. The lowest BCUT2D eigenvalue weighted by Crippen LogP contribution is -2.54. The highest BCUT2D eigenvalue weighted by Crippen LogP contribution is 2.44. The summed E-state index contributed by atoms with van der Waals surface area (Å²) in [4.78, 5) is 28.7. The van der Waals surface area contributed by atoms with Crippen LogP contribution < -0.4 is 0 Å². The topological polar surface area (TPSA) is 119 Å². The fraction of sp³-hybridized carbons (Fsp3) is 0.821. The van der Waals surface area contributed by atoms with E-state index in [1.54, 1.807) is 13.2 Å². The molecule has 2 heterocycles. The summed E-state index contributed by atoms with van der Waals surface area (Å²) in [6.45, 7) is 45.2. The lowest BCUT2D eigenvalue weighted by atomic mass is 9.79. The number of allylic oxidation sites excluding steroid dienone is 5. The third-order valence-corrected chi connectivity index (χ3v) is 30.6. The number of Topliss-reactive ketones (excluding diaryl/α,β-unsaturated/α-hetero) is 1. The fourth-order valence-electron chi connectivity index (χ4n) is 9.43. The second-order valence-corrected chi connectivity index (χ2v) is 38.4. The van der Waals surface area contributed by atoms with Crippen LogP contribution in [0.5, 0.6) is 0 Å². The number of methoxy groups -OCH3 is 1. The van der Waals surface area contributed by atoms with E-state index < -0.39 is 72.8 Å². The van der Waals surface area contributed by atoms with E-state index >= 15 is 0 Å². The van der Waals surface area contributed by atoms with Crippen molar-refractivity contribution in [1.82, 2.24) is 0 Å². The van der Waals surface area contributed by atoms with Gasteiger partial charge in [0.15, 0.2) is 25.0 Å². The van der Waals surface area contributed by atoms with Crippen molar-refractivity contribution in [1.29, 1.82) is 0 Å². The molecule has 0 aliphatic carbocycles. The third kappa shape index (κ3) is 17.8. The van der Waals surface area contributed by atoms with Crippen molar-refractivity contribution in [3.05, 3.63) is 47.6 Å². The molecule has 1 fully saturated rings. The van der Waals surface area contributed by atoms with E-state index in [4.69, 9.17) is 32.2 Å². The first-order valence-corrected chi connectivity index (χ1v) is 35.1. The predicted molar refractivity (Wildman–Crippen MR) is 293 cm³/mol. The molecule has 2 rings (SSSR count). The summed E-state index contributed by atoms with van der Waals surface area (Å²) in [6, 6.07) is 3.02. The Morgan fingerprint density at radius 1 is 0.899 bits per heavy atom. The average Bonchev–Trinajstić information content (AvgIpc) is 3.37. The van der Waals surface area contributed by atoms with Gasteiger partial charge in [-0.15, -0.1) is 0 Å². The molecule has 0 radical (unpaired) electrons. The maximum Gasteiger partial charge on any atom is 0.331 e. The second-order valence-electron chi connectivity index (χ2n) is 24.2. The Bertz CT molecular complexity index is 1710. The number of rotatable bonds is 22. The Kier molecular flexibility index (Phi) is 25.0. The zero-order valence-electron chi connectivity index (χ0n) is 48.0. The standard InChI is InChI=1S/C56H104O10Si3/c1-23-27-28-31-48-45-35-39(5)30-29-32-49(60-18)52(63-50(59)34-33-40(6)37-56(17,62-38-61-48)53(45)66-69(24-2,25-3)26-4)43(9)51(65-68(21,22)55(14,15)16)42(8)47(58)36-46(57)41(7)44(10)64-67(19,20)54(11,12)13/h29-30,32-34,37,41-46,48-49,51-53,57H,23-28,31,35-36,38H2,1-22H3/b32-29+,34-33+,39-30+,40-37+/t41-,42-,43+,44-,45-,46-,48+,49+,51+,52-,53+,56+/m1/s1. The number of hydrogen-bond acceptors (Lipinski definition) is 10. The summed E-state index contributed by atoms with van der Waals surface area (Å²) in [6.07, 6.45) is 12.7. The van der Waals surface area contributed by atoms with Crippen molar-refractivity contribution in [2.45, 2.75) is 259 Å². The van der Waals surface area contributed by atoms with Gasteiger partial charge in [0, 0.05) is 49.4 Å². The molecule has 0 aromatic rings. The summed E-state index contributed by atoms with van der Waals surface area (Å²) in [7, 11) is -5.18. The van der Waals surface area contributed by atoms with Gasteiger partial charge in [0.2, 0.25) is 0 Å². The Morgan fingerprint density at radius 3 is 2.01 bits per heavy atom. The van der Waals surface area contributed by atoms with Crippen LogP contribution in [-0.4, -0.2) is 104 Å². The summed E-state index contributed by atoms with van der Waals surface area (Å²) >= 11 is 0. The summed E-state index contributed by atoms with van der Waals surface area (Å²) in [5, 5.41) is 11.5. The molecule has 0 amide bonds. The van der Waals surface area contributed by atoms with Crippen LogP contribution in [0, 0.1) is 23.7 Å². The van der Waals surface area contributed by atoms with Crippen LogP contribution in [0.25, 0.3) is 0 Å². The molecular weight excluding hydrogens is 917 g/mol. The third-order valence-electron chi connectivity index (χ3n) is 16.9. The first-order chi connectivity index (χ1) is 31.8. The first kappa shape index (κ1) is 63.6. The van der Waals surface area contributed by atoms with Crippen molar-refractivity contribution >= 4 is 36.7 Å². The Hall–Kier alpha value is -1.53. The van der Waals surface area contributed by atoms with Crippen LogP contribution in [0.4, 0.5) is 0 Å². The van der Waals surface area contributed by atoms with Crippen molar-refractivity contribution in [2.24, 2.45) is 23.7 Å². The lowest BCUT2D eigenvalue weighted by molar-refractivity contribution is -0.157. The van der Waals surface area contributed by atoms with Gasteiger partial charge < -0.3 is 37.3 Å². The van der Waals surface area contributed by atoms with Gasteiger partial charge in [-0.25, -0.2) is 4.79 Å². The Balaban J connectivity index is 2.78. The molecule has 0 unspecified atom stereocenters. The first-order valence-electron chi connectivity index (χ1n) is 26.7. The number of carbonyl (C=O) groups is 2. The van der Waals surface area contributed by atoms with Crippen LogP contribution in [0.2, 0.25) is 54.4 Å². The van der Waals surface area contributed by atoms with E-state index in [0.717, 1.165) is 61.4 Å². The zero-order chi connectivity index (χ0) is 52.9. The van der Waals surface area contributed by atoms with Gasteiger partial charge in [-0.2, -0.15) is 0 Å². The average molecular weight is 1020 g/mol. The molecule has 0 saturated carbocycles. The smallest absolute Gasteiger partial charge is 0.331 e. The normalized spacial score (nSPS) is 29.2. The number of aliphatic hydroxyl groups excluding tert-OH is 1. The number of carbonyl (C=O) groups excluding carboxylic acids is 2. The van der Waals surface area contributed by atoms with Crippen LogP contribution in [-0.2, 0) is 41.8 Å². The van der Waals surface area contributed by atoms with Gasteiger partial charge in [-0.1, -0.05) is 145 Å². The molecule has 1 N–H and O–H groups in total. The molecular formula is C56H104O10Si3. The van der Waals surface area contributed by atoms with E-state index in [0.29, 0.717) is 0 Å². The summed E-state index contributed by atoms with van der Waals surface area (Å²) in [5.74, 6) is -2.06. The number of aliphatic hydroxyl groups is 1. The monoisotopic (exact) mass is 1020 g/mol. The van der Waals surface area contributed by atoms with Gasteiger partial charge in [0.1, 0.15) is 30.4 Å². The number of ether oxygens (including phenoxy) is 4. The molecule has 69 heavy (non-hydrogen) atoms. The number of fused-ring (bicyclic) bond motifs is 2. The lowest BCUT2D eigenvalue weighted by Gasteiger charge is -2.45. The van der Waals surface area contributed by atoms with E-state index in [-0.39, 0.29) is 59.2 Å². The molecule has 10 nitrogen and oxygen atoms in total. The van der Waals surface area contributed by atoms with Crippen LogP contribution in [0.15, 0.2) is 47.6 Å². The largest absolute Gasteiger partial charge is 0.456 e. The Labute approximate surface area is 425 Å². The van der Waals surface area contributed by atoms with Crippen molar-refractivity contribution in [3.8, 4) is 0 Å². The van der Waals surface area contributed by atoms with Crippen molar-refractivity contribution < 1.29 is 46.9 Å². The molecule has 2 aliphatic heterocycles. The molecule has 0 aromatic heterocycles. The van der Waals surface area contributed by atoms with Gasteiger partial charge in [0.25, 0.3) is 0 Å². The minimum Gasteiger partial charge on any atom is -0.456 e. The van der Waals surface area contributed by atoms with Gasteiger partial charge in [-0.05, 0) is 101 Å². The highest BCUT2D eigenvalue weighted by molar-refractivity contribution is 6.74. The molecule has 0 aromatic carbocycles. The predicted octanol–water partition coefficient (Wildman–Crippen LogP) is 14.1. The molecule has 0 spiro atoms. The maximum absolute atomic E-state index is 14.5.